The van der Waals surface area contributed by atoms with Crippen LogP contribution in [0.15, 0.2) is 30.7 Å². The number of primary amides is 1. The summed E-state index contributed by atoms with van der Waals surface area (Å²) in [6.45, 7) is -1.33. The molecule has 2 heterocycles. The van der Waals surface area contributed by atoms with E-state index in [1.807, 2.05) is 12.2 Å². The number of carbonyl (C=O) groups is 1. The molecule has 0 spiro atoms. The molecule has 2 aromatic heterocycles. The predicted octanol–water partition coefficient (Wildman–Crippen LogP) is 3.09. The molecule has 1 saturated carbocycles. The molecule has 1 amide bonds. The fourth-order valence-electron chi connectivity index (χ4n) is 4.15. The standard InChI is InChI=1S/C18H17F6N7O/c19-17(20,21)7-31-6-10(4-27-31)28-16-26-5-11(18(22,23)24)15(30-16)29-13-9-2-1-8(3-9)12(13)14(25)32/h1-2,4-6,8-9,12-13H,3,7H2,(H2,25,32)(H2,26,28,29,30)/t8-,9-,12-,13+/m0/s1. The van der Waals surface area contributed by atoms with Gasteiger partial charge < -0.3 is 16.4 Å². The van der Waals surface area contributed by atoms with E-state index in [9.17, 15) is 31.1 Å². The minimum Gasteiger partial charge on any atom is -0.369 e. The van der Waals surface area contributed by atoms with Crippen LogP contribution in [-0.4, -0.2) is 37.9 Å². The summed E-state index contributed by atoms with van der Waals surface area (Å²) in [4.78, 5) is 19.4. The average Bonchev–Trinajstić information content (AvgIpc) is 3.36. The lowest BCUT2D eigenvalue weighted by molar-refractivity contribution is -0.142. The van der Waals surface area contributed by atoms with Crippen molar-refractivity contribution in [1.82, 2.24) is 19.7 Å². The number of allylic oxidation sites excluding steroid dienone is 1. The molecule has 8 nitrogen and oxygen atoms in total. The Labute approximate surface area is 176 Å². The van der Waals surface area contributed by atoms with Crippen LogP contribution in [-0.2, 0) is 17.5 Å². The van der Waals surface area contributed by atoms with Gasteiger partial charge in [0.1, 0.15) is 17.9 Å². The van der Waals surface area contributed by atoms with E-state index >= 15 is 0 Å². The van der Waals surface area contributed by atoms with E-state index in [0.717, 1.165) is 12.4 Å². The third kappa shape index (κ3) is 4.48. The van der Waals surface area contributed by atoms with Gasteiger partial charge in [0.2, 0.25) is 11.9 Å². The van der Waals surface area contributed by atoms with Crippen LogP contribution in [0.25, 0.3) is 0 Å². The van der Waals surface area contributed by atoms with E-state index in [1.165, 1.54) is 0 Å². The molecular formula is C18H17F6N7O. The van der Waals surface area contributed by atoms with Crippen molar-refractivity contribution in [3.63, 3.8) is 0 Å². The van der Waals surface area contributed by atoms with Gasteiger partial charge >= 0.3 is 12.4 Å². The quantitative estimate of drug-likeness (QED) is 0.451. The number of fused-ring (bicyclic) bond motifs is 2. The van der Waals surface area contributed by atoms with E-state index in [0.29, 0.717) is 17.3 Å². The third-order valence-corrected chi connectivity index (χ3v) is 5.42. The zero-order valence-corrected chi connectivity index (χ0v) is 16.2. The number of anilines is 3. The number of hydrogen-bond acceptors (Lipinski definition) is 6. The first-order chi connectivity index (χ1) is 14.9. The van der Waals surface area contributed by atoms with Crippen molar-refractivity contribution >= 4 is 23.4 Å². The molecular weight excluding hydrogens is 444 g/mol. The summed E-state index contributed by atoms with van der Waals surface area (Å²) in [6.07, 6.45) is -2.40. The SMILES string of the molecule is NC(=O)[C@@H]1[C@H](Nc2nc(Nc3cnn(CC(F)(F)F)c3)ncc2C(F)(F)F)[C@H]2C=C[C@H]1C2. The second kappa shape index (κ2) is 7.67. The molecule has 0 aliphatic heterocycles. The van der Waals surface area contributed by atoms with Gasteiger partial charge in [-0.25, -0.2) is 4.98 Å². The van der Waals surface area contributed by atoms with Gasteiger partial charge in [-0.1, -0.05) is 12.2 Å². The summed E-state index contributed by atoms with van der Waals surface area (Å²) in [7, 11) is 0. The molecule has 14 heteroatoms. The lowest BCUT2D eigenvalue weighted by Gasteiger charge is -2.28. The maximum atomic E-state index is 13.5. The van der Waals surface area contributed by atoms with Gasteiger partial charge in [-0.3, -0.25) is 9.48 Å². The largest absolute Gasteiger partial charge is 0.421 e. The van der Waals surface area contributed by atoms with Crippen LogP contribution in [0.3, 0.4) is 0 Å². The first kappa shape index (κ1) is 21.9. The average molecular weight is 461 g/mol. The molecule has 1 fully saturated rings. The predicted molar refractivity (Wildman–Crippen MR) is 99.4 cm³/mol. The van der Waals surface area contributed by atoms with Crippen LogP contribution in [0.2, 0.25) is 0 Å². The minimum absolute atomic E-state index is 0.0535. The van der Waals surface area contributed by atoms with Crippen LogP contribution in [0, 0.1) is 17.8 Å². The van der Waals surface area contributed by atoms with Gasteiger partial charge in [0.25, 0.3) is 0 Å². The summed E-state index contributed by atoms with van der Waals surface area (Å²) in [5.74, 6) is -2.53. The number of hydrogen-bond donors (Lipinski definition) is 3. The second-order valence-electron chi connectivity index (χ2n) is 7.67. The maximum absolute atomic E-state index is 13.5. The van der Waals surface area contributed by atoms with E-state index in [4.69, 9.17) is 5.73 Å². The van der Waals surface area contributed by atoms with Crippen LogP contribution in [0.1, 0.15) is 12.0 Å². The Kier molecular flexibility index (Phi) is 5.25. The zero-order valence-electron chi connectivity index (χ0n) is 16.2. The Balaban J connectivity index is 1.60. The highest BCUT2D eigenvalue weighted by Crippen LogP contribution is 2.45. The van der Waals surface area contributed by atoms with Crippen molar-refractivity contribution in [3.05, 3.63) is 36.3 Å². The maximum Gasteiger partial charge on any atom is 0.421 e. The molecule has 172 valence electrons. The molecule has 0 aromatic carbocycles. The third-order valence-electron chi connectivity index (χ3n) is 5.42. The molecule has 4 rings (SSSR count). The first-order valence-corrected chi connectivity index (χ1v) is 9.45. The minimum atomic E-state index is -4.78. The van der Waals surface area contributed by atoms with Crippen molar-refractivity contribution in [2.24, 2.45) is 23.5 Å². The zero-order chi connectivity index (χ0) is 23.3. The smallest absolute Gasteiger partial charge is 0.369 e. The van der Waals surface area contributed by atoms with Gasteiger partial charge in [0.15, 0.2) is 0 Å². The molecule has 2 bridgehead atoms. The molecule has 2 aliphatic rings. The number of nitrogens with one attached hydrogen (secondary N) is 2. The van der Waals surface area contributed by atoms with Crippen molar-refractivity contribution in [2.75, 3.05) is 10.6 Å². The summed E-state index contributed by atoms with van der Waals surface area (Å²) >= 11 is 0. The summed E-state index contributed by atoms with van der Waals surface area (Å²) < 4.78 is 78.6. The van der Waals surface area contributed by atoms with Crippen LogP contribution < -0.4 is 16.4 Å². The van der Waals surface area contributed by atoms with Gasteiger partial charge in [-0.05, 0) is 18.3 Å². The molecule has 0 unspecified atom stereocenters. The van der Waals surface area contributed by atoms with Crippen LogP contribution in [0.5, 0.6) is 0 Å². The molecule has 2 aliphatic carbocycles. The Morgan fingerprint density at radius 3 is 2.53 bits per heavy atom. The van der Waals surface area contributed by atoms with E-state index < -0.39 is 48.1 Å². The number of amides is 1. The number of alkyl halides is 6. The van der Waals surface area contributed by atoms with E-state index in [1.54, 1.807) is 0 Å². The van der Waals surface area contributed by atoms with Crippen molar-refractivity contribution in [3.8, 4) is 0 Å². The number of aromatic nitrogens is 4. The Morgan fingerprint density at radius 2 is 1.88 bits per heavy atom. The lowest BCUT2D eigenvalue weighted by atomic mass is 9.88. The molecule has 32 heavy (non-hydrogen) atoms. The molecule has 0 radical (unpaired) electrons. The Hall–Kier alpha value is -3.32. The van der Waals surface area contributed by atoms with Gasteiger partial charge in [-0.15, -0.1) is 0 Å². The van der Waals surface area contributed by atoms with Gasteiger partial charge in [-0.2, -0.15) is 36.4 Å². The fourth-order valence-corrected chi connectivity index (χ4v) is 4.15. The number of nitrogens with two attached hydrogens (primary N) is 1. The Bertz CT molecular complexity index is 1050. The first-order valence-electron chi connectivity index (χ1n) is 9.45. The molecule has 2 aromatic rings. The lowest BCUT2D eigenvalue weighted by Crippen LogP contribution is -2.41. The van der Waals surface area contributed by atoms with E-state index in [-0.39, 0.29) is 23.5 Å². The topological polar surface area (TPSA) is 111 Å². The number of halogens is 6. The Morgan fingerprint density at radius 1 is 1.16 bits per heavy atom. The second-order valence-corrected chi connectivity index (χ2v) is 7.67. The molecule has 0 saturated heterocycles. The highest BCUT2D eigenvalue weighted by Gasteiger charge is 2.48. The summed E-state index contributed by atoms with van der Waals surface area (Å²) in [5.41, 5.74) is 4.37. The normalized spacial score (nSPS) is 24.7. The van der Waals surface area contributed by atoms with E-state index in [2.05, 4.69) is 25.7 Å². The van der Waals surface area contributed by atoms with Crippen LogP contribution in [0.4, 0.5) is 43.8 Å². The number of nitrogens with zero attached hydrogens (tertiary/aromatic N) is 4. The van der Waals surface area contributed by atoms with Crippen molar-refractivity contribution in [1.29, 1.82) is 0 Å². The highest BCUT2D eigenvalue weighted by molar-refractivity contribution is 5.80. The fraction of sp³-hybridized carbons (Fsp3) is 0.444. The van der Waals surface area contributed by atoms with Crippen LogP contribution >= 0.6 is 0 Å². The number of carbonyl (C=O) groups excluding carboxylic acids is 1. The summed E-state index contributed by atoms with van der Waals surface area (Å²) in [5, 5.41) is 8.78. The highest BCUT2D eigenvalue weighted by atomic mass is 19.4. The van der Waals surface area contributed by atoms with Crippen molar-refractivity contribution < 1.29 is 31.1 Å². The monoisotopic (exact) mass is 461 g/mol. The van der Waals surface area contributed by atoms with Gasteiger partial charge in [0.05, 0.1) is 17.8 Å². The molecule has 4 N–H and O–H groups in total. The van der Waals surface area contributed by atoms with Crippen molar-refractivity contribution in [2.45, 2.75) is 31.4 Å². The van der Waals surface area contributed by atoms with Gasteiger partial charge in [0, 0.05) is 18.4 Å². The summed E-state index contributed by atoms with van der Waals surface area (Å²) in [6, 6.07) is -0.680. The molecule has 4 atom stereocenters. The number of rotatable bonds is 6.